The maximum absolute atomic E-state index is 2.46. The molecule has 1 aromatic heterocycles. The number of rotatable bonds is 7. The maximum atomic E-state index is 2.46. The van der Waals surface area contributed by atoms with Crippen LogP contribution < -0.4 is 4.90 Å². The lowest BCUT2D eigenvalue weighted by molar-refractivity contribution is 0.660. The molecule has 10 aromatic rings. The smallest absolute Gasteiger partial charge is 0.0546 e. The number of para-hydroxylation sites is 2. The van der Waals surface area contributed by atoms with E-state index in [1.807, 2.05) is 0 Å². The van der Waals surface area contributed by atoms with Crippen LogP contribution in [0.25, 0.3) is 72.0 Å². The second kappa shape index (κ2) is 13.9. The average molecular weight is 755 g/mol. The van der Waals surface area contributed by atoms with Gasteiger partial charge in [-0.25, -0.2) is 0 Å². The molecule has 280 valence electrons. The molecule has 0 atom stereocenters. The van der Waals surface area contributed by atoms with Crippen LogP contribution in [0.3, 0.4) is 0 Å². The Morgan fingerprint density at radius 1 is 0.373 bits per heavy atom. The molecule has 11 rings (SSSR count). The highest BCUT2D eigenvalue weighted by atomic mass is 15.1. The fourth-order valence-corrected chi connectivity index (χ4v) is 9.58. The Balaban J connectivity index is 1.08. The van der Waals surface area contributed by atoms with Crippen LogP contribution in [0.15, 0.2) is 218 Å². The van der Waals surface area contributed by atoms with Crippen LogP contribution in [0.1, 0.15) is 25.0 Å². The first-order valence-corrected chi connectivity index (χ1v) is 20.5. The lowest BCUT2D eigenvalue weighted by atomic mass is 9.82. The van der Waals surface area contributed by atoms with Crippen LogP contribution in [0.5, 0.6) is 0 Å². The third kappa shape index (κ3) is 5.71. The zero-order valence-corrected chi connectivity index (χ0v) is 33.2. The first-order chi connectivity index (χ1) is 29.0. The van der Waals surface area contributed by atoms with Gasteiger partial charge in [0.2, 0.25) is 0 Å². The van der Waals surface area contributed by atoms with Crippen molar-refractivity contribution in [2.75, 3.05) is 4.90 Å². The van der Waals surface area contributed by atoms with Crippen molar-refractivity contribution in [3.63, 3.8) is 0 Å². The van der Waals surface area contributed by atoms with Crippen LogP contribution in [0, 0.1) is 0 Å². The van der Waals surface area contributed by atoms with Crippen LogP contribution >= 0.6 is 0 Å². The summed E-state index contributed by atoms with van der Waals surface area (Å²) >= 11 is 0. The Labute approximate surface area is 345 Å². The molecule has 0 aliphatic heterocycles. The zero-order valence-electron chi connectivity index (χ0n) is 33.2. The van der Waals surface area contributed by atoms with Crippen molar-refractivity contribution >= 4 is 38.9 Å². The number of benzene rings is 9. The molecule has 1 heterocycles. The summed E-state index contributed by atoms with van der Waals surface area (Å²) in [6.45, 7) is 4.72. The topological polar surface area (TPSA) is 8.17 Å². The largest absolute Gasteiger partial charge is 0.310 e. The van der Waals surface area contributed by atoms with Gasteiger partial charge in [-0.1, -0.05) is 178 Å². The van der Waals surface area contributed by atoms with Crippen molar-refractivity contribution in [3.8, 4) is 50.2 Å². The maximum Gasteiger partial charge on any atom is 0.0546 e. The molecule has 0 amide bonds. The Bertz CT molecular complexity index is 3120. The predicted molar refractivity (Wildman–Crippen MR) is 249 cm³/mol. The molecule has 1 aliphatic rings. The molecule has 0 bridgehead atoms. The van der Waals surface area contributed by atoms with Gasteiger partial charge in [-0.15, -0.1) is 0 Å². The van der Waals surface area contributed by atoms with E-state index in [4.69, 9.17) is 0 Å². The summed E-state index contributed by atoms with van der Waals surface area (Å²) in [6.07, 6.45) is 0. The lowest BCUT2D eigenvalue weighted by Gasteiger charge is -2.31. The molecule has 59 heavy (non-hydrogen) atoms. The standard InChI is InChI=1S/C57H42N2/c1-57(2)51-27-12-9-23-47(51)48-36-35-45(38-52(48)57)58(55-30-16-26-46(40-17-5-3-6-18-40)56(55)41-19-7-4-8-20-41)43-33-31-39(32-34-43)42-21-15-22-44(37-42)59-53-28-13-10-24-49(53)50-25-11-14-29-54(50)59/h3-38H,1-2H3. The summed E-state index contributed by atoms with van der Waals surface area (Å²) < 4.78 is 2.39. The van der Waals surface area contributed by atoms with Crippen LogP contribution in [0.4, 0.5) is 17.1 Å². The summed E-state index contributed by atoms with van der Waals surface area (Å²) in [4.78, 5) is 2.46. The van der Waals surface area contributed by atoms with Crippen molar-refractivity contribution < 1.29 is 0 Å². The summed E-state index contributed by atoms with van der Waals surface area (Å²) in [6, 6.07) is 79.8. The molecule has 9 aromatic carbocycles. The highest BCUT2D eigenvalue weighted by molar-refractivity contribution is 6.09. The Morgan fingerprint density at radius 2 is 0.932 bits per heavy atom. The monoisotopic (exact) mass is 754 g/mol. The SMILES string of the molecule is CC1(C)c2ccccc2-c2ccc(N(c3ccc(-c4cccc(-n5c6ccccc6c6ccccc65)c4)cc3)c3cccc(-c4ccccc4)c3-c3ccccc3)cc21. The summed E-state index contributed by atoms with van der Waals surface area (Å²) in [7, 11) is 0. The van der Waals surface area contributed by atoms with E-state index < -0.39 is 0 Å². The Hall–Kier alpha value is -7.42. The second-order valence-corrected chi connectivity index (χ2v) is 16.1. The van der Waals surface area contributed by atoms with Gasteiger partial charge in [0.1, 0.15) is 0 Å². The predicted octanol–water partition coefficient (Wildman–Crippen LogP) is 15.6. The Morgan fingerprint density at radius 3 is 1.66 bits per heavy atom. The number of anilines is 3. The van der Waals surface area contributed by atoms with Crippen molar-refractivity contribution in [2.24, 2.45) is 0 Å². The van der Waals surface area contributed by atoms with Crippen LogP contribution in [0.2, 0.25) is 0 Å². The van der Waals surface area contributed by atoms with Gasteiger partial charge in [0.25, 0.3) is 0 Å². The van der Waals surface area contributed by atoms with Gasteiger partial charge in [0.05, 0.1) is 16.7 Å². The van der Waals surface area contributed by atoms with Crippen LogP contribution in [-0.4, -0.2) is 4.57 Å². The lowest BCUT2D eigenvalue weighted by Crippen LogP contribution is -2.17. The second-order valence-electron chi connectivity index (χ2n) is 16.1. The van der Waals surface area contributed by atoms with E-state index in [9.17, 15) is 0 Å². The third-order valence-corrected chi connectivity index (χ3v) is 12.4. The van der Waals surface area contributed by atoms with E-state index >= 15 is 0 Å². The van der Waals surface area contributed by atoms with Gasteiger partial charge >= 0.3 is 0 Å². The molecule has 2 heteroatoms. The highest BCUT2D eigenvalue weighted by Crippen LogP contribution is 2.52. The molecule has 0 radical (unpaired) electrons. The molecular weight excluding hydrogens is 713 g/mol. The molecule has 2 nitrogen and oxygen atoms in total. The fraction of sp³-hybridized carbons (Fsp3) is 0.0526. The van der Waals surface area contributed by atoms with E-state index in [0.29, 0.717) is 0 Å². The Kier molecular flexibility index (Phi) is 8.20. The number of fused-ring (bicyclic) bond motifs is 6. The third-order valence-electron chi connectivity index (χ3n) is 12.4. The van der Waals surface area contributed by atoms with Crippen LogP contribution in [-0.2, 0) is 5.41 Å². The van der Waals surface area contributed by atoms with Gasteiger partial charge in [-0.3, -0.25) is 0 Å². The first-order valence-electron chi connectivity index (χ1n) is 20.5. The highest BCUT2D eigenvalue weighted by Gasteiger charge is 2.36. The van der Waals surface area contributed by atoms with E-state index in [2.05, 4.69) is 242 Å². The molecule has 0 fully saturated rings. The fourth-order valence-electron chi connectivity index (χ4n) is 9.58. The van der Waals surface area contributed by atoms with Crippen molar-refractivity contribution in [3.05, 3.63) is 230 Å². The summed E-state index contributed by atoms with van der Waals surface area (Å²) in [5.74, 6) is 0. The molecule has 0 saturated carbocycles. The minimum Gasteiger partial charge on any atom is -0.310 e. The average Bonchev–Trinajstić information content (AvgIpc) is 3.75. The van der Waals surface area contributed by atoms with Gasteiger partial charge in [-0.05, 0) is 105 Å². The van der Waals surface area contributed by atoms with Gasteiger partial charge in [0, 0.05) is 38.8 Å². The van der Waals surface area contributed by atoms with Gasteiger partial charge in [-0.2, -0.15) is 0 Å². The molecule has 0 unspecified atom stereocenters. The van der Waals surface area contributed by atoms with Gasteiger partial charge < -0.3 is 9.47 Å². The zero-order chi connectivity index (χ0) is 39.5. The number of aromatic nitrogens is 1. The minimum atomic E-state index is -0.132. The number of nitrogens with zero attached hydrogens (tertiary/aromatic N) is 2. The van der Waals surface area contributed by atoms with Crippen molar-refractivity contribution in [2.45, 2.75) is 19.3 Å². The summed E-state index contributed by atoms with van der Waals surface area (Å²) in [5.41, 5.74) is 19.3. The quantitative estimate of drug-likeness (QED) is 0.157. The van der Waals surface area contributed by atoms with Crippen molar-refractivity contribution in [1.29, 1.82) is 0 Å². The molecule has 0 N–H and O–H groups in total. The molecule has 0 spiro atoms. The van der Waals surface area contributed by atoms with E-state index in [0.717, 1.165) is 22.7 Å². The van der Waals surface area contributed by atoms with E-state index in [1.165, 1.54) is 77.4 Å². The summed E-state index contributed by atoms with van der Waals surface area (Å²) in [5, 5.41) is 2.53. The molecule has 1 aliphatic carbocycles. The van der Waals surface area contributed by atoms with E-state index in [-0.39, 0.29) is 5.41 Å². The van der Waals surface area contributed by atoms with Gasteiger partial charge in [0.15, 0.2) is 0 Å². The number of hydrogen-bond donors (Lipinski definition) is 0. The van der Waals surface area contributed by atoms with Crippen molar-refractivity contribution in [1.82, 2.24) is 4.57 Å². The molecule has 0 saturated heterocycles. The number of hydrogen-bond acceptors (Lipinski definition) is 1. The minimum absolute atomic E-state index is 0.132. The normalized spacial score (nSPS) is 12.7. The van der Waals surface area contributed by atoms with E-state index in [1.54, 1.807) is 0 Å². The molecular formula is C57H42N2. The first kappa shape index (κ1) is 34.8.